The molecule has 2 amide bonds. The lowest BCUT2D eigenvalue weighted by Crippen LogP contribution is -2.50. The van der Waals surface area contributed by atoms with Crippen LogP contribution < -0.4 is 11.1 Å². The molecular formula is C11H14ClN3O. The number of hydrogen-bond donors (Lipinski definition) is 2. The van der Waals surface area contributed by atoms with Crippen LogP contribution >= 0.6 is 11.6 Å². The zero-order valence-electron chi connectivity index (χ0n) is 8.82. The van der Waals surface area contributed by atoms with E-state index in [1.807, 2.05) is 24.3 Å². The van der Waals surface area contributed by atoms with Crippen molar-refractivity contribution in [3.63, 3.8) is 0 Å². The van der Waals surface area contributed by atoms with Crippen LogP contribution in [0.2, 0.25) is 5.02 Å². The predicted octanol–water partition coefficient (Wildman–Crippen LogP) is 1.36. The molecule has 16 heavy (non-hydrogen) atoms. The van der Waals surface area contributed by atoms with E-state index in [0.29, 0.717) is 18.1 Å². The minimum absolute atomic E-state index is 0.0695. The first kappa shape index (κ1) is 11.2. The maximum atomic E-state index is 11.3. The zero-order valence-corrected chi connectivity index (χ0v) is 9.57. The van der Waals surface area contributed by atoms with Crippen molar-refractivity contribution in [2.24, 2.45) is 5.73 Å². The largest absolute Gasteiger partial charge is 0.351 e. The molecule has 1 aliphatic heterocycles. The van der Waals surface area contributed by atoms with E-state index in [2.05, 4.69) is 5.32 Å². The van der Waals surface area contributed by atoms with Gasteiger partial charge in [0.2, 0.25) is 0 Å². The maximum absolute atomic E-state index is 11.3. The number of primary amides is 1. The summed E-state index contributed by atoms with van der Waals surface area (Å²) in [6, 6.07) is 7.07. The van der Waals surface area contributed by atoms with Crippen molar-refractivity contribution in [2.45, 2.75) is 6.04 Å². The third kappa shape index (κ3) is 2.13. The number of benzene rings is 1. The van der Waals surface area contributed by atoms with Crippen LogP contribution in [-0.4, -0.2) is 30.6 Å². The van der Waals surface area contributed by atoms with Gasteiger partial charge in [-0.2, -0.15) is 0 Å². The van der Waals surface area contributed by atoms with Gasteiger partial charge in [0.15, 0.2) is 0 Å². The average molecular weight is 240 g/mol. The smallest absolute Gasteiger partial charge is 0.315 e. The van der Waals surface area contributed by atoms with Gasteiger partial charge in [-0.1, -0.05) is 29.8 Å². The van der Waals surface area contributed by atoms with Crippen molar-refractivity contribution in [1.29, 1.82) is 0 Å². The first-order valence-corrected chi connectivity index (χ1v) is 5.59. The number of rotatable bonds is 1. The lowest BCUT2D eigenvalue weighted by atomic mass is 10.0. The predicted molar refractivity (Wildman–Crippen MR) is 63.4 cm³/mol. The molecule has 0 saturated carbocycles. The maximum Gasteiger partial charge on any atom is 0.315 e. The SMILES string of the molecule is NC(=O)N1CCNCC1c1ccccc1Cl. The van der Waals surface area contributed by atoms with Crippen LogP contribution in [0.15, 0.2) is 24.3 Å². The molecule has 4 nitrogen and oxygen atoms in total. The Morgan fingerprint density at radius 3 is 2.94 bits per heavy atom. The Kier molecular flexibility index (Phi) is 3.31. The third-order valence-corrected chi connectivity index (χ3v) is 3.13. The summed E-state index contributed by atoms with van der Waals surface area (Å²) in [6.07, 6.45) is 0. The van der Waals surface area contributed by atoms with Gasteiger partial charge < -0.3 is 16.0 Å². The van der Waals surface area contributed by atoms with Gasteiger partial charge in [0.05, 0.1) is 6.04 Å². The standard InChI is InChI=1S/C11H14ClN3O/c12-9-4-2-1-3-8(9)10-7-14-5-6-15(10)11(13)16/h1-4,10,14H,5-7H2,(H2,13,16). The average Bonchev–Trinajstić information content (AvgIpc) is 2.29. The van der Waals surface area contributed by atoms with Gasteiger partial charge in [-0.3, -0.25) is 0 Å². The first-order chi connectivity index (χ1) is 7.70. The second kappa shape index (κ2) is 4.72. The molecule has 2 rings (SSSR count). The highest BCUT2D eigenvalue weighted by Crippen LogP contribution is 2.27. The first-order valence-electron chi connectivity index (χ1n) is 5.21. The van der Waals surface area contributed by atoms with Gasteiger partial charge in [-0.25, -0.2) is 4.79 Å². The fraction of sp³-hybridized carbons (Fsp3) is 0.364. The van der Waals surface area contributed by atoms with Crippen LogP contribution in [0.1, 0.15) is 11.6 Å². The van der Waals surface area contributed by atoms with Crippen molar-refractivity contribution < 1.29 is 4.79 Å². The highest BCUT2D eigenvalue weighted by Gasteiger charge is 2.27. The van der Waals surface area contributed by atoms with Crippen LogP contribution in [0.25, 0.3) is 0 Å². The number of nitrogens with one attached hydrogen (secondary N) is 1. The Morgan fingerprint density at radius 1 is 1.50 bits per heavy atom. The number of piperazine rings is 1. The number of nitrogens with zero attached hydrogens (tertiary/aromatic N) is 1. The molecule has 1 atom stereocenters. The van der Waals surface area contributed by atoms with Crippen LogP contribution in [-0.2, 0) is 0 Å². The highest BCUT2D eigenvalue weighted by atomic mass is 35.5. The number of amides is 2. The van der Waals surface area contributed by atoms with Crippen molar-refractivity contribution in [3.05, 3.63) is 34.9 Å². The second-order valence-electron chi connectivity index (χ2n) is 3.77. The molecule has 1 unspecified atom stereocenters. The Bertz CT molecular complexity index is 397. The number of hydrogen-bond acceptors (Lipinski definition) is 2. The van der Waals surface area contributed by atoms with E-state index in [1.54, 1.807) is 4.90 Å². The molecule has 3 N–H and O–H groups in total. The quantitative estimate of drug-likeness (QED) is 0.778. The summed E-state index contributed by atoms with van der Waals surface area (Å²) in [5, 5.41) is 3.91. The highest BCUT2D eigenvalue weighted by molar-refractivity contribution is 6.31. The van der Waals surface area contributed by atoms with Crippen molar-refractivity contribution in [2.75, 3.05) is 19.6 Å². The molecule has 86 valence electrons. The van der Waals surface area contributed by atoms with E-state index in [9.17, 15) is 4.79 Å². The second-order valence-corrected chi connectivity index (χ2v) is 4.18. The minimum atomic E-state index is -0.397. The van der Waals surface area contributed by atoms with Crippen LogP contribution in [0, 0.1) is 0 Å². The van der Waals surface area contributed by atoms with Crippen molar-refractivity contribution >= 4 is 17.6 Å². The zero-order chi connectivity index (χ0) is 11.5. The Labute approximate surface area is 99.4 Å². The number of carbonyl (C=O) groups excluding carboxylic acids is 1. The Morgan fingerprint density at radius 2 is 2.25 bits per heavy atom. The topological polar surface area (TPSA) is 58.4 Å². The molecule has 0 spiro atoms. The van der Waals surface area contributed by atoms with Crippen LogP contribution in [0.3, 0.4) is 0 Å². The van der Waals surface area contributed by atoms with Gasteiger partial charge in [0.1, 0.15) is 0 Å². The van der Waals surface area contributed by atoms with Gasteiger partial charge in [-0.15, -0.1) is 0 Å². The molecule has 1 heterocycles. The van der Waals surface area contributed by atoms with Gasteiger partial charge >= 0.3 is 6.03 Å². The van der Waals surface area contributed by atoms with E-state index in [1.165, 1.54) is 0 Å². The fourth-order valence-corrected chi connectivity index (χ4v) is 2.25. The summed E-state index contributed by atoms with van der Waals surface area (Å²) in [7, 11) is 0. The van der Waals surface area contributed by atoms with E-state index < -0.39 is 6.03 Å². The van der Waals surface area contributed by atoms with E-state index in [4.69, 9.17) is 17.3 Å². The molecule has 1 aromatic carbocycles. The summed E-state index contributed by atoms with van der Waals surface area (Å²) in [4.78, 5) is 13.0. The molecule has 1 fully saturated rings. The van der Waals surface area contributed by atoms with Crippen LogP contribution in [0.5, 0.6) is 0 Å². The van der Waals surface area contributed by atoms with E-state index in [-0.39, 0.29) is 6.04 Å². The molecule has 1 aromatic rings. The number of urea groups is 1. The van der Waals surface area contributed by atoms with Crippen LogP contribution in [0.4, 0.5) is 4.79 Å². The van der Waals surface area contributed by atoms with Crippen molar-refractivity contribution in [1.82, 2.24) is 10.2 Å². The summed E-state index contributed by atoms with van der Waals surface area (Å²) < 4.78 is 0. The van der Waals surface area contributed by atoms with E-state index in [0.717, 1.165) is 12.1 Å². The lowest BCUT2D eigenvalue weighted by molar-refractivity contribution is 0.167. The molecule has 1 saturated heterocycles. The molecule has 0 aromatic heterocycles. The Hall–Kier alpha value is -1.26. The summed E-state index contributed by atoms with van der Waals surface area (Å²) in [5.74, 6) is 0. The summed E-state index contributed by atoms with van der Waals surface area (Å²) >= 11 is 6.12. The number of nitrogens with two attached hydrogens (primary N) is 1. The van der Waals surface area contributed by atoms with Gasteiger partial charge in [-0.05, 0) is 11.6 Å². The molecule has 5 heteroatoms. The van der Waals surface area contributed by atoms with E-state index >= 15 is 0 Å². The molecule has 1 aliphatic rings. The van der Waals surface area contributed by atoms with Gasteiger partial charge in [0, 0.05) is 24.7 Å². The summed E-state index contributed by atoms with van der Waals surface area (Å²) in [6.45, 7) is 2.07. The number of carbonyl (C=O) groups is 1. The number of halogens is 1. The molecular weight excluding hydrogens is 226 g/mol. The summed E-state index contributed by atoms with van der Waals surface area (Å²) in [5.41, 5.74) is 6.30. The van der Waals surface area contributed by atoms with Gasteiger partial charge in [0.25, 0.3) is 0 Å². The lowest BCUT2D eigenvalue weighted by Gasteiger charge is -2.35. The molecule has 0 aliphatic carbocycles. The monoisotopic (exact) mass is 239 g/mol. The Balaban J connectivity index is 2.30. The van der Waals surface area contributed by atoms with Crippen molar-refractivity contribution in [3.8, 4) is 0 Å². The third-order valence-electron chi connectivity index (χ3n) is 2.79. The minimum Gasteiger partial charge on any atom is -0.351 e. The molecule has 0 bridgehead atoms. The fourth-order valence-electron chi connectivity index (χ4n) is 1.99. The normalized spacial score (nSPS) is 20.8. The molecule has 0 radical (unpaired) electrons.